The molecule has 0 aliphatic heterocycles. The van der Waals surface area contributed by atoms with Crippen LogP contribution in [0.15, 0.2) is 23.6 Å². The van der Waals surface area contributed by atoms with Crippen LogP contribution in [-0.2, 0) is 0 Å². The SMILES string of the molecule is CCCCCC=C[Si](C)(C)N[Si](C)(C)C=CCCCCC. The van der Waals surface area contributed by atoms with E-state index in [-0.39, 0.29) is 0 Å². The van der Waals surface area contributed by atoms with Gasteiger partial charge in [0.05, 0.1) is 0 Å². The Kier molecular flexibility index (Phi) is 11.4. The zero-order chi connectivity index (χ0) is 16.2. The molecule has 0 aliphatic carbocycles. The van der Waals surface area contributed by atoms with Crippen LogP contribution in [0.5, 0.6) is 0 Å². The largest absolute Gasteiger partial charge is 0.353 e. The van der Waals surface area contributed by atoms with Crippen molar-refractivity contribution in [2.75, 3.05) is 0 Å². The summed E-state index contributed by atoms with van der Waals surface area (Å²) in [4.78, 5) is 0. The predicted molar refractivity (Wildman–Crippen MR) is 105 cm³/mol. The molecule has 0 aromatic heterocycles. The highest BCUT2D eigenvalue weighted by molar-refractivity contribution is 6.95. The van der Waals surface area contributed by atoms with Crippen LogP contribution in [-0.4, -0.2) is 16.5 Å². The standard InChI is InChI=1S/C18H39NSi2/c1-7-9-11-13-15-17-20(3,4)19-21(5,6)18-16-14-12-10-8-2/h15-19H,7-14H2,1-6H3. The third-order valence-electron chi connectivity index (χ3n) is 3.66. The van der Waals surface area contributed by atoms with Crippen molar-refractivity contribution < 1.29 is 0 Å². The minimum absolute atomic E-state index is 1.25. The summed E-state index contributed by atoms with van der Waals surface area (Å²) in [5.41, 5.74) is 5.00. The van der Waals surface area contributed by atoms with Gasteiger partial charge in [0, 0.05) is 0 Å². The van der Waals surface area contributed by atoms with E-state index in [4.69, 9.17) is 0 Å². The van der Waals surface area contributed by atoms with Gasteiger partial charge in [-0.1, -0.05) is 89.3 Å². The van der Waals surface area contributed by atoms with E-state index in [1.807, 2.05) is 0 Å². The summed E-state index contributed by atoms with van der Waals surface area (Å²) in [6, 6.07) is 0. The van der Waals surface area contributed by atoms with Crippen molar-refractivity contribution in [2.24, 2.45) is 0 Å². The van der Waals surface area contributed by atoms with Crippen LogP contribution in [0, 0.1) is 0 Å². The van der Waals surface area contributed by atoms with Crippen LogP contribution in [0.3, 0.4) is 0 Å². The van der Waals surface area contributed by atoms with Gasteiger partial charge in [-0.15, -0.1) is 0 Å². The fourth-order valence-corrected chi connectivity index (χ4v) is 11.5. The Labute approximate surface area is 136 Å². The lowest BCUT2D eigenvalue weighted by molar-refractivity contribution is 0.729. The lowest BCUT2D eigenvalue weighted by Gasteiger charge is -2.30. The molecule has 1 N–H and O–H groups in total. The molecule has 0 amide bonds. The maximum atomic E-state index is 4.02. The van der Waals surface area contributed by atoms with Crippen LogP contribution in [0.4, 0.5) is 0 Å². The summed E-state index contributed by atoms with van der Waals surface area (Å²) in [6.45, 7) is 14.3. The van der Waals surface area contributed by atoms with Crippen LogP contribution >= 0.6 is 0 Å². The molecule has 0 bridgehead atoms. The van der Waals surface area contributed by atoms with Crippen LogP contribution < -0.4 is 4.65 Å². The number of allylic oxidation sites excluding steroid dienone is 2. The highest BCUT2D eigenvalue weighted by Gasteiger charge is 2.26. The predicted octanol–water partition coefficient (Wildman–Crippen LogP) is 6.34. The van der Waals surface area contributed by atoms with Crippen molar-refractivity contribution in [1.82, 2.24) is 4.65 Å². The zero-order valence-electron chi connectivity index (χ0n) is 15.5. The fraction of sp³-hybridized carbons (Fsp3) is 0.778. The number of hydrogen-bond donors (Lipinski definition) is 1. The molecule has 124 valence electrons. The van der Waals surface area contributed by atoms with Crippen molar-refractivity contribution in [1.29, 1.82) is 0 Å². The van der Waals surface area contributed by atoms with Crippen LogP contribution in [0.25, 0.3) is 0 Å². The lowest BCUT2D eigenvalue weighted by atomic mass is 10.2. The summed E-state index contributed by atoms with van der Waals surface area (Å²) in [5.74, 6) is 0. The first-order chi connectivity index (χ1) is 9.83. The Morgan fingerprint density at radius 3 is 1.38 bits per heavy atom. The van der Waals surface area contributed by atoms with Gasteiger partial charge in [-0.05, 0) is 25.7 Å². The number of rotatable bonds is 12. The Balaban J connectivity index is 4.20. The first-order valence-electron chi connectivity index (χ1n) is 8.97. The second-order valence-corrected chi connectivity index (χ2v) is 15.9. The molecule has 0 saturated heterocycles. The molecule has 0 atom stereocenters. The molecule has 0 aromatic rings. The first kappa shape index (κ1) is 20.9. The van der Waals surface area contributed by atoms with Crippen molar-refractivity contribution in [3.05, 3.63) is 23.6 Å². The second kappa shape index (κ2) is 11.4. The van der Waals surface area contributed by atoms with Gasteiger partial charge < -0.3 is 4.65 Å². The summed E-state index contributed by atoms with van der Waals surface area (Å²) < 4.78 is 4.02. The Hall–Kier alpha value is -0.126. The summed E-state index contributed by atoms with van der Waals surface area (Å²) in [7, 11) is -2.79. The average Bonchev–Trinajstić information content (AvgIpc) is 2.36. The van der Waals surface area contributed by atoms with Gasteiger partial charge in [0.2, 0.25) is 0 Å². The lowest BCUT2D eigenvalue weighted by Crippen LogP contribution is -2.57. The summed E-state index contributed by atoms with van der Waals surface area (Å²) in [6.07, 6.45) is 15.4. The maximum Gasteiger partial charge on any atom is 0.137 e. The molecule has 21 heavy (non-hydrogen) atoms. The molecule has 0 aromatic carbocycles. The Bertz CT molecular complexity index is 276. The second-order valence-electron chi connectivity index (χ2n) is 7.36. The van der Waals surface area contributed by atoms with E-state index in [2.05, 4.69) is 68.2 Å². The van der Waals surface area contributed by atoms with Gasteiger partial charge >= 0.3 is 0 Å². The van der Waals surface area contributed by atoms with Crippen molar-refractivity contribution in [3.8, 4) is 0 Å². The van der Waals surface area contributed by atoms with Gasteiger partial charge in [-0.25, -0.2) is 0 Å². The molecule has 1 nitrogen and oxygen atoms in total. The van der Waals surface area contributed by atoms with Gasteiger partial charge in [-0.3, -0.25) is 0 Å². The third-order valence-corrected chi connectivity index (χ3v) is 11.0. The summed E-state index contributed by atoms with van der Waals surface area (Å²) in [5, 5.41) is 0. The van der Waals surface area contributed by atoms with E-state index >= 15 is 0 Å². The van der Waals surface area contributed by atoms with E-state index in [9.17, 15) is 0 Å². The van der Waals surface area contributed by atoms with Gasteiger partial charge in [0.1, 0.15) is 16.5 Å². The minimum Gasteiger partial charge on any atom is -0.353 e. The van der Waals surface area contributed by atoms with Crippen molar-refractivity contribution in [3.63, 3.8) is 0 Å². The maximum absolute atomic E-state index is 4.02. The van der Waals surface area contributed by atoms with E-state index < -0.39 is 16.5 Å². The van der Waals surface area contributed by atoms with Gasteiger partial charge in [0.25, 0.3) is 0 Å². The Morgan fingerprint density at radius 1 is 0.667 bits per heavy atom. The molecule has 3 heteroatoms. The van der Waals surface area contributed by atoms with Crippen molar-refractivity contribution >= 4 is 16.5 Å². The third kappa shape index (κ3) is 13.3. The number of unbranched alkanes of at least 4 members (excludes halogenated alkanes) is 6. The molecule has 0 heterocycles. The molecular weight excluding hydrogens is 286 g/mol. The smallest absolute Gasteiger partial charge is 0.137 e. The van der Waals surface area contributed by atoms with Gasteiger partial charge in [0.15, 0.2) is 0 Å². The van der Waals surface area contributed by atoms with Crippen LogP contribution in [0.2, 0.25) is 26.2 Å². The Morgan fingerprint density at radius 2 is 1.05 bits per heavy atom. The van der Waals surface area contributed by atoms with E-state index in [1.165, 1.54) is 51.4 Å². The molecule has 0 rings (SSSR count). The fourth-order valence-electron chi connectivity index (χ4n) is 2.69. The number of hydrogen-bond acceptors (Lipinski definition) is 1. The minimum atomic E-state index is -1.39. The van der Waals surface area contributed by atoms with Gasteiger partial charge in [-0.2, -0.15) is 0 Å². The van der Waals surface area contributed by atoms with Crippen LogP contribution in [0.1, 0.15) is 65.2 Å². The van der Waals surface area contributed by atoms with Crippen molar-refractivity contribution in [2.45, 2.75) is 91.4 Å². The summed E-state index contributed by atoms with van der Waals surface area (Å²) >= 11 is 0. The van der Waals surface area contributed by atoms with E-state index in [1.54, 1.807) is 0 Å². The molecule has 0 aliphatic rings. The highest BCUT2D eigenvalue weighted by Crippen LogP contribution is 2.11. The normalized spacial score (nSPS) is 13.6. The van der Waals surface area contributed by atoms with E-state index in [0.29, 0.717) is 0 Å². The molecule has 0 fully saturated rings. The highest BCUT2D eigenvalue weighted by atomic mass is 28.4. The topological polar surface area (TPSA) is 12.0 Å². The quantitative estimate of drug-likeness (QED) is 0.326. The average molecular weight is 326 g/mol. The molecular formula is C18H39NSi2. The molecule has 0 spiro atoms. The number of nitrogens with one attached hydrogen (secondary N) is 1. The monoisotopic (exact) mass is 325 g/mol. The first-order valence-corrected chi connectivity index (χ1v) is 15.1. The molecule has 0 radical (unpaired) electrons. The van der Waals surface area contributed by atoms with E-state index in [0.717, 1.165) is 0 Å². The zero-order valence-corrected chi connectivity index (χ0v) is 17.5. The molecule has 0 saturated carbocycles. The molecule has 0 unspecified atom stereocenters.